The van der Waals surface area contributed by atoms with E-state index in [0.717, 1.165) is 19.6 Å². The highest BCUT2D eigenvalue weighted by Crippen LogP contribution is 2.17. The topological polar surface area (TPSA) is 61.6 Å². The molecular formula is C15H26N4O2. The first-order valence-electron chi connectivity index (χ1n) is 7.63. The van der Waals surface area contributed by atoms with Crippen molar-refractivity contribution >= 4 is 5.91 Å². The predicted octanol–water partition coefficient (Wildman–Crippen LogP) is 0.585. The Morgan fingerprint density at radius 2 is 2.24 bits per heavy atom. The fraction of sp³-hybridized carbons (Fsp3) is 0.733. The highest BCUT2D eigenvalue weighted by atomic mass is 16.3. The first kappa shape index (κ1) is 16.0. The lowest BCUT2D eigenvalue weighted by Gasteiger charge is -2.42. The van der Waals surface area contributed by atoms with E-state index in [0.29, 0.717) is 24.6 Å². The van der Waals surface area contributed by atoms with Crippen molar-refractivity contribution in [2.24, 2.45) is 13.0 Å². The van der Waals surface area contributed by atoms with Crippen LogP contribution in [0.2, 0.25) is 0 Å². The highest BCUT2D eigenvalue weighted by Gasteiger charge is 2.30. The minimum Gasteiger partial charge on any atom is -0.396 e. The number of carbonyl (C=O) groups excluding carboxylic acids is 1. The minimum absolute atomic E-state index is 0.0298. The average Bonchev–Trinajstić information content (AvgIpc) is 2.86. The number of piperazine rings is 1. The molecule has 0 bridgehead atoms. The van der Waals surface area contributed by atoms with Gasteiger partial charge in [-0.15, -0.1) is 0 Å². The molecule has 1 amide bonds. The van der Waals surface area contributed by atoms with Crippen molar-refractivity contribution in [1.82, 2.24) is 19.4 Å². The van der Waals surface area contributed by atoms with E-state index < -0.39 is 0 Å². The summed E-state index contributed by atoms with van der Waals surface area (Å²) in [5, 5.41) is 9.28. The fourth-order valence-corrected chi connectivity index (χ4v) is 2.93. The van der Waals surface area contributed by atoms with Crippen LogP contribution in [0.3, 0.4) is 0 Å². The van der Waals surface area contributed by atoms with E-state index in [2.05, 4.69) is 23.7 Å². The lowest BCUT2D eigenvalue weighted by molar-refractivity contribution is 0.0378. The summed E-state index contributed by atoms with van der Waals surface area (Å²) in [5.41, 5.74) is 0.620. The van der Waals surface area contributed by atoms with E-state index in [4.69, 9.17) is 0 Å². The van der Waals surface area contributed by atoms with Crippen LogP contribution in [-0.2, 0) is 7.05 Å². The van der Waals surface area contributed by atoms with Crippen molar-refractivity contribution in [2.75, 3.05) is 32.8 Å². The smallest absolute Gasteiger partial charge is 0.272 e. The van der Waals surface area contributed by atoms with Gasteiger partial charge in [0.15, 0.2) is 0 Å². The third-order valence-electron chi connectivity index (χ3n) is 3.99. The van der Waals surface area contributed by atoms with E-state index in [1.54, 1.807) is 17.1 Å². The van der Waals surface area contributed by atoms with Crippen molar-refractivity contribution in [3.05, 3.63) is 18.2 Å². The van der Waals surface area contributed by atoms with Gasteiger partial charge in [-0.25, -0.2) is 4.98 Å². The maximum Gasteiger partial charge on any atom is 0.272 e. The summed E-state index contributed by atoms with van der Waals surface area (Å²) < 4.78 is 1.75. The Bertz CT molecular complexity index is 472. The second-order valence-electron chi connectivity index (χ2n) is 6.20. The molecule has 1 fully saturated rings. The van der Waals surface area contributed by atoms with Crippen LogP contribution in [0.25, 0.3) is 0 Å². The lowest BCUT2D eigenvalue weighted by atomic mass is 10.1. The van der Waals surface area contributed by atoms with Crippen LogP contribution < -0.4 is 0 Å². The van der Waals surface area contributed by atoms with Gasteiger partial charge in [0.25, 0.3) is 5.91 Å². The summed E-state index contributed by atoms with van der Waals surface area (Å²) in [6.07, 6.45) is 3.97. The summed E-state index contributed by atoms with van der Waals surface area (Å²) in [7, 11) is 1.83. The molecular weight excluding hydrogens is 268 g/mol. The number of carbonyl (C=O) groups is 1. The van der Waals surface area contributed by atoms with Crippen molar-refractivity contribution in [1.29, 1.82) is 0 Å². The molecule has 1 aliphatic rings. The van der Waals surface area contributed by atoms with Gasteiger partial charge in [-0.2, -0.15) is 0 Å². The van der Waals surface area contributed by atoms with Gasteiger partial charge in [-0.05, 0) is 12.3 Å². The lowest BCUT2D eigenvalue weighted by Crippen LogP contribution is -2.55. The Labute approximate surface area is 126 Å². The number of aryl methyl sites for hydroxylation is 1. The zero-order valence-electron chi connectivity index (χ0n) is 13.2. The first-order valence-corrected chi connectivity index (χ1v) is 7.63. The monoisotopic (exact) mass is 294 g/mol. The number of aromatic nitrogens is 2. The van der Waals surface area contributed by atoms with Crippen molar-refractivity contribution in [2.45, 2.75) is 26.3 Å². The normalized spacial score (nSPS) is 20.2. The third-order valence-corrected chi connectivity index (χ3v) is 3.99. The van der Waals surface area contributed by atoms with Crippen LogP contribution in [0.5, 0.6) is 0 Å². The van der Waals surface area contributed by atoms with Crippen molar-refractivity contribution < 1.29 is 9.90 Å². The number of amides is 1. The van der Waals surface area contributed by atoms with Crippen LogP contribution in [0.15, 0.2) is 12.5 Å². The molecule has 1 aromatic rings. The van der Waals surface area contributed by atoms with Gasteiger partial charge >= 0.3 is 0 Å². The Morgan fingerprint density at radius 1 is 1.48 bits per heavy atom. The van der Waals surface area contributed by atoms with E-state index in [9.17, 15) is 9.90 Å². The van der Waals surface area contributed by atoms with Crippen LogP contribution in [0, 0.1) is 5.92 Å². The standard InChI is InChI=1S/C15H26N4O2/c1-12(2)9-18-5-6-19(10-13(18)4-7-20)15(21)14-8-16-11-17(14)3/h8,11-13,20H,4-7,9-10H2,1-3H3/t13-/m0/s1. The quantitative estimate of drug-likeness (QED) is 0.863. The van der Waals surface area contributed by atoms with E-state index in [1.807, 2.05) is 11.9 Å². The number of aliphatic hydroxyl groups excluding tert-OH is 1. The van der Waals surface area contributed by atoms with E-state index >= 15 is 0 Å². The summed E-state index contributed by atoms with van der Waals surface area (Å²) in [5.74, 6) is 0.618. The maximum atomic E-state index is 12.5. The number of hydrogen-bond acceptors (Lipinski definition) is 4. The Balaban J connectivity index is 2.04. The molecule has 2 rings (SSSR count). The number of aliphatic hydroxyl groups is 1. The molecule has 0 unspecified atom stereocenters. The molecule has 0 aliphatic carbocycles. The third kappa shape index (κ3) is 3.83. The van der Waals surface area contributed by atoms with Gasteiger partial charge in [-0.1, -0.05) is 13.8 Å². The largest absolute Gasteiger partial charge is 0.396 e. The molecule has 0 spiro atoms. The Hall–Kier alpha value is -1.40. The summed E-state index contributed by atoms with van der Waals surface area (Å²) in [6, 6.07) is 0.239. The van der Waals surface area contributed by atoms with Gasteiger partial charge in [0, 0.05) is 45.9 Å². The molecule has 0 aromatic carbocycles. The van der Waals surface area contributed by atoms with Crippen LogP contribution in [0.1, 0.15) is 30.8 Å². The van der Waals surface area contributed by atoms with Gasteiger partial charge in [-0.3, -0.25) is 9.69 Å². The maximum absolute atomic E-state index is 12.5. The van der Waals surface area contributed by atoms with E-state index in [1.165, 1.54) is 0 Å². The molecule has 1 aliphatic heterocycles. The second-order valence-corrected chi connectivity index (χ2v) is 6.20. The number of imidazole rings is 1. The Kier molecular flexibility index (Phi) is 5.36. The van der Waals surface area contributed by atoms with E-state index in [-0.39, 0.29) is 18.6 Å². The van der Waals surface area contributed by atoms with Gasteiger partial charge < -0.3 is 14.6 Å². The zero-order chi connectivity index (χ0) is 15.4. The van der Waals surface area contributed by atoms with Crippen LogP contribution in [0.4, 0.5) is 0 Å². The van der Waals surface area contributed by atoms with Crippen LogP contribution in [-0.4, -0.2) is 69.2 Å². The summed E-state index contributed by atoms with van der Waals surface area (Å²) in [4.78, 5) is 20.8. The molecule has 1 N–H and O–H groups in total. The molecule has 1 saturated heterocycles. The minimum atomic E-state index is 0.0298. The molecule has 6 heteroatoms. The van der Waals surface area contributed by atoms with Crippen LogP contribution >= 0.6 is 0 Å². The molecule has 1 aromatic heterocycles. The zero-order valence-corrected chi connectivity index (χ0v) is 13.2. The highest BCUT2D eigenvalue weighted by molar-refractivity contribution is 5.92. The van der Waals surface area contributed by atoms with Gasteiger partial charge in [0.05, 0.1) is 12.5 Å². The van der Waals surface area contributed by atoms with Gasteiger partial charge in [0.1, 0.15) is 5.69 Å². The average molecular weight is 294 g/mol. The van der Waals surface area contributed by atoms with Crippen molar-refractivity contribution in [3.8, 4) is 0 Å². The van der Waals surface area contributed by atoms with Crippen molar-refractivity contribution in [3.63, 3.8) is 0 Å². The fourth-order valence-electron chi connectivity index (χ4n) is 2.93. The SMILES string of the molecule is CC(C)CN1CCN(C(=O)c2cncn2C)C[C@@H]1CCO. The number of hydrogen-bond donors (Lipinski definition) is 1. The molecule has 0 radical (unpaired) electrons. The number of nitrogens with zero attached hydrogens (tertiary/aromatic N) is 4. The Morgan fingerprint density at radius 3 is 2.81 bits per heavy atom. The second kappa shape index (κ2) is 7.04. The molecule has 1 atom stereocenters. The summed E-state index contributed by atoms with van der Waals surface area (Å²) in [6.45, 7) is 7.85. The summed E-state index contributed by atoms with van der Waals surface area (Å²) >= 11 is 0. The molecule has 21 heavy (non-hydrogen) atoms. The first-order chi connectivity index (χ1) is 10.0. The van der Waals surface area contributed by atoms with Gasteiger partial charge in [0.2, 0.25) is 0 Å². The molecule has 118 valence electrons. The predicted molar refractivity (Wildman–Crippen MR) is 81.0 cm³/mol. The number of rotatable bonds is 5. The molecule has 2 heterocycles. The molecule has 6 nitrogen and oxygen atoms in total. The molecule has 0 saturated carbocycles.